The predicted octanol–water partition coefficient (Wildman–Crippen LogP) is 0.987. The molecule has 7 nitrogen and oxygen atoms in total. The molecule has 2 heterocycles. The SMILES string of the molecule is Cc1nc(CN(C)C(=O)Cn2ccc(C(F)(F)F)n2)n[nH]1. The Labute approximate surface area is 117 Å². The van der Waals surface area contributed by atoms with Crippen LogP contribution in [0.2, 0.25) is 0 Å². The van der Waals surface area contributed by atoms with Gasteiger partial charge in [0.1, 0.15) is 12.4 Å². The zero-order valence-electron chi connectivity index (χ0n) is 11.3. The molecule has 0 saturated heterocycles. The van der Waals surface area contributed by atoms with Gasteiger partial charge in [0, 0.05) is 13.2 Å². The Hall–Kier alpha value is -2.39. The molecule has 0 spiro atoms. The second kappa shape index (κ2) is 5.54. The first-order valence-corrected chi connectivity index (χ1v) is 5.98. The molecule has 21 heavy (non-hydrogen) atoms. The van der Waals surface area contributed by atoms with E-state index in [4.69, 9.17) is 0 Å². The first-order valence-electron chi connectivity index (χ1n) is 5.98. The minimum absolute atomic E-state index is 0.163. The molecule has 0 unspecified atom stereocenters. The lowest BCUT2D eigenvalue weighted by Gasteiger charge is -2.15. The van der Waals surface area contributed by atoms with Crippen molar-refractivity contribution in [3.8, 4) is 0 Å². The van der Waals surface area contributed by atoms with Gasteiger partial charge in [-0.25, -0.2) is 4.98 Å². The molecule has 2 aromatic heterocycles. The number of nitrogens with one attached hydrogen (secondary N) is 1. The molecule has 0 aromatic carbocycles. The van der Waals surface area contributed by atoms with Gasteiger partial charge < -0.3 is 4.90 Å². The highest BCUT2D eigenvalue weighted by Crippen LogP contribution is 2.27. The molecule has 1 amide bonds. The molecule has 114 valence electrons. The van der Waals surface area contributed by atoms with Gasteiger partial charge in [-0.1, -0.05) is 0 Å². The van der Waals surface area contributed by atoms with Crippen molar-refractivity contribution in [1.29, 1.82) is 0 Å². The van der Waals surface area contributed by atoms with Crippen LogP contribution in [0.1, 0.15) is 17.3 Å². The number of aromatic amines is 1. The van der Waals surface area contributed by atoms with Gasteiger partial charge in [0.2, 0.25) is 5.91 Å². The molecule has 2 rings (SSSR count). The number of aromatic nitrogens is 5. The van der Waals surface area contributed by atoms with Crippen LogP contribution in [-0.4, -0.2) is 42.8 Å². The Bertz CT molecular complexity index is 632. The van der Waals surface area contributed by atoms with Crippen LogP contribution < -0.4 is 0 Å². The van der Waals surface area contributed by atoms with Crippen molar-refractivity contribution in [3.63, 3.8) is 0 Å². The van der Waals surface area contributed by atoms with E-state index in [-0.39, 0.29) is 13.1 Å². The molecule has 0 atom stereocenters. The number of carbonyl (C=O) groups is 1. The molecular weight excluding hydrogens is 289 g/mol. The van der Waals surface area contributed by atoms with Gasteiger partial charge in [0.15, 0.2) is 11.5 Å². The number of halogens is 3. The van der Waals surface area contributed by atoms with Crippen molar-refractivity contribution in [2.75, 3.05) is 7.05 Å². The summed E-state index contributed by atoms with van der Waals surface area (Å²) in [6.07, 6.45) is -3.40. The fourth-order valence-corrected chi connectivity index (χ4v) is 1.62. The van der Waals surface area contributed by atoms with E-state index in [2.05, 4.69) is 20.3 Å². The van der Waals surface area contributed by atoms with Gasteiger partial charge in [0.25, 0.3) is 0 Å². The normalized spacial score (nSPS) is 11.7. The number of alkyl halides is 3. The third-order valence-corrected chi connectivity index (χ3v) is 2.68. The van der Waals surface area contributed by atoms with E-state index in [0.717, 1.165) is 16.9 Å². The number of H-pyrrole nitrogens is 1. The van der Waals surface area contributed by atoms with Crippen LogP contribution in [-0.2, 0) is 24.1 Å². The van der Waals surface area contributed by atoms with Crippen molar-refractivity contribution in [3.05, 3.63) is 29.6 Å². The summed E-state index contributed by atoms with van der Waals surface area (Å²) in [4.78, 5) is 17.3. The maximum atomic E-state index is 12.4. The van der Waals surface area contributed by atoms with E-state index >= 15 is 0 Å². The quantitative estimate of drug-likeness (QED) is 0.913. The lowest BCUT2D eigenvalue weighted by atomic mass is 10.4. The molecule has 0 radical (unpaired) electrons. The monoisotopic (exact) mass is 302 g/mol. The van der Waals surface area contributed by atoms with Crippen LogP contribution in [0.5, 0.6) is 0 Å². The number of carbonyl (C=O) groups excluding carboxylic acids is 1. The Morgan fingerprint density at radius 2 is 2.19 bits per heavy atom. The van der Waals surface area contributed by atoms with Crippen LogP contribution >= 0.6 is 0 Å². The summed E-state index contributed by atoms with van der Waals surface area (Å²) in [6, 6.07) is 0.825. The summed E-state index contributed by atoms with van der Waals surface area (Å²) < 4.78 is 38.1. The first kappa shape index (κ1) is 15.0. The summed E-state index contributed by atoms with van der Waals surface area (Å²) >= 11 is 0. The fraction of sp³-hybridized carbons (Fsp3) is 0.455. The van der Waals surface area contributed by atoms with Gasteiger partial charge in [-0.05, 0) is 13.0 Å². The van der Waals surface area contributed by atoms with Gasteiger partial charge in [0.05, 0.1) is 6.54 Å². The molecule has 0 fully saturated rings. The van der Waals surface area contributed by atoms with E-state index in [1.165, 1.54) is 11.9 Å². The highest BCUT2D eigenvalue weighted by molar-refractivity contribution is 5.75. The van der Waals surface area contributed by atoms with E-state index < -0.39 is 17.8 Å². The average Bonchev–Trinajstić information content (AvgIpc) is 2.98. The third kappa shape index (κ3) is 3.80. The molecule has 0 aliphatic carbocycles. The van der Waals surface area contributed by atoms with Crippen molar-refractivity contribution in [2.45, 2.75) is 26.2 Å². The number of likely N-dealkylation sites (N-methyl/N-ethyl adjacent to an activating group) is 1. The lowest BCUT2D eigenvalue weighted by molar-refractivity contribution is -0.142. The van der Waals surface area contributed by atoms with Crippen LogP contribution in [0, 0.1) is 6.92 Å². The Balaban J connectivity index is 1.96. The van der Waals surface area contributed by atoms with Crippen LogP contribution in [0.3, 0.4) is 0 Å². The number of hydrogen-bond donors (Lipinski definition) is 1. The number of nitrogens with zero attached hydrogens (tertiary/aromatic N) is 5. The largest absolute Gasteiger partial charge is 0.435 e. The van der Waals surface area contributed by atoms with Crippen molar-refractivity contribution in [2.24, 2.45) is 0 Å². The zero-order chi connectivity index (χ0) is 15.6. The molecule has 0 saturated carbocycles. The average molecular weight is 302 g/mol. The molecule has 0 aliphatic heterocycles. The summed E-state index contributed by atoms with van der Waals surface area (Å²) in [6.45, 7) is 1.60. The molecule has 0 aliphatic rings. The second-order valence-corrected chi connectivity index (χ2v) is 4.48. The van der Waals surface area contributed by atoms with Gasteiger partial charge in [-0.3, -0.25) is 14.6 Å². The Morgan fingerprint density at radius 3 is 2.71 bits per heavy atom. The first-order chi connectivity index (χ1) is 9.75. The van der Waals surface area contributed by atoms with Crippen LogP contribution in [0.15, 0.2) is 12.3 Å². The highest BCUT2D eigenvalue weighted by atomic mass is 19.4. The lowest BCUT2D eigenvalue weighted by Crippen LogP contribution is -2.30. The number of amides is 1. The van der Waals surface area contributed by atoms with E-state index in [1.807, 2.05) is 0 Å². The second-order valence-electron chi connectivity index (χ2n) is 4.48. The zero-order valence-corrected chi connectivity index (χ0v) is 11.3. The maximum Gasteiger partial charge on any atom is 0.435 e. The summed E-state index contributed by atoms with van der Waals surface area (Å²) in [5.41, 5.74) is -1.03. The standard InChI is InChI=1S/C11H13F3N6O/c1-7-15-9(17-16-7)5-19(2)10(21)6-20-4-3-8(18-20)11(12,13)14/h3-4H,5-6H2,1-2H3,(H,15,16,17). The van der Waals surface area contributed by atoms with Gasteiger partial charge >= 0.3 is 6.18 Å². The van der Waals surface area contributed by atoms with Crippen LogP contribution in [0.25, 0.3) is 0 Å². The molecule has 2 aromatic rings. The van der Waals surface area contributed by atoms with E-state index in [0.29, 0.717) is 11.6 Å². The van der Waals surface area contributed by atoms with E-state index in [9.17, 15) is 18.0 Å². The number of hydrogen-bond acceptors (Lipinski definition) is 4. The smallest absolute Gasteiger partial charge is 0.337 e. The highest BCUT2D eigenvalue weighted by Gasteiger charge is 2.33. The van der Waals surface area contributed by atoms with Crippen molar-refractivity contribution >= 4 is 5.91 Å². The molecule has 0 bridgehead atoms. The van der Waals surface area contributed by atoms with Crippen molar-refractivity contribution in [1.82, 2.24) is 29.9 Å². The van der Waals surface area contributed by atoms with Gasteiger partial charge in [-0.15, -0.1) is 0 Å². The minimum Gasteiger partial charge on any atom is -0.337 e. The minimum atomic E-state index is -4.52. The van der Waals surface area contributed by atoms with Gasteiger partial charge in [-0.2, -0.15) is 23.4 Å². The number of rotatable bonds is 4. The van der Waals surface area contributed by atoms with Crippen LogP contribution in [0.4, 0.5) is 13.2 Å². The molecular formula is C11H13F3N6O. The third-order valence-electron chi connectivity index (χ3n) is 2.68. The summed E-state index contributed by atoms with van der Waals surface area (Å²) in [5, 5.41) is 9.84. The number of aryl methyl sites for hydroxylation is 1. The maximum absolute atomic E-state index is 12.4. The fourth-order valence-electron chi connectivity index (χ4n) is 1.62. The predicted molar refractivity (Wildman–Crippen MR) is 64.8 cm³/mol. The van der Waals surface area contributed by atoms with E-state index in [1.54, 1.807) is 6.92 Å². The molecule has 1 N–H and O–H groups in total. The summed E-state index contributed by atoms with van der Waals surface area (Å²) in [7, 11) is 1.52. The topological polar surface area (TPSA) is 79.7 Å². The van der Waals surface area contributed by atoms with Crippen molar-refractivity contribution < 1.29 is 18.0 Å². The molecule has 10 heteroatoms. The Morgan fingerprint density at radius 1 is 1.48 bits per heavy atom. The summed E-state index contributed by atoms with van der Waals surface area (Å²) in [5.74, 6) is 0.654. The Kier molecular flexibility index (Phi) is 3.96.